The first-order chi connectivity index (χ1) is 12.1. The lowest BCUT2D eigenvalue weighted by atomic mass is 10.0. The van der Waals surface area contributed by atoms with Gasteiger partial charge in [-0.1, -0.05) is 42.5 Å². The van der Waals surface area contributed by atoms with Crippen LogP contribution < -0.4 is 10.6 Å². The van der Waals surface area contributed by atoms with Gasteiger partial charge in [0.05, 0.1) is 6.26 Å². The van der Waals surface area contributed by atoms with Gasteiger partial charge < -0.3 is 15.1 Å². The first-order valence-corrected chi connectivity index (χ1v) is 8.43. The predicted molar refractivity (Wildman–Crippen MR) is 98.3 cm³/mol. The second-order valence-corrected chi connectivity index (χ2v) is 6.14. The summed E-state index contributed by atoms with van der Waals surface area (Å²) in [5.41, 5.74) is 4.24. The van der Waals surface area contributed by atoms with Crippen LogP contribution in [0.15, 0.2) is 71.3 Å². The highest BCUT2D eigenvalue weighted by molar-refractivity contribution is 5.92. The van der Waals surface area contributed by atoms with Crippen molar-refractivity contribution in [1.82, 2.24) is 0 Å². The van der Waals surface area contributed by atoms with Crippen molar-refractivity contribution in [3.63, 3.8) is 0 Å². The number of furan rings is 1. The zero-order valence-corrected chi connectivity index (χ0v) is 14.5. The molecule has 2 aromatic carbocycles. The van der Waals surface area contributed by atoms with E-state index in [-0.39, 0.29) is 11.9 Å². The summed E-state index contributed by atoms with van der Waals surface area (Å²) in [5.74, 6) is 0.812. The highest BCUT2D eigenvalue weighted by Crippen LogP contribution is 2.19. The molecule has 0 aliphatic heterocycles. The van der Waals surface area contributed by atoms with Crippen molar-refractivity contribution in [2.24, 2.45) is 0 Å². The molecular formula is C21H23N2O2+. The largest absolute Gasteiger partial charge is 0.463 e. The molecule has 0 bridgehead atoms. The number of nitrogens with two attached hydrogens (primary N) is 1. The number of benzene rings is 2. The van der Waals surface area contributed by atoms with Gasteiger partial charge in [-0.15, -0.1) is 0 Å². The average molecular weight is 335 g/mol. The van der Waals surface area contributed by atoms with Crippen LogP contribution in [0, 0.1) is 13.8 Å². The Kier molecular flexibility index (Phi) is 5.31. The second-order valence-electron chi connectivity index (χ2n) is 6.14. The van der Waals surface area contributed by atoms with Crippen molar-refractivity contribution in [2.75, 3.05) is 11.9 Å². The summed E-state index contributed by atoms with van der Waals surface area (Å²) in [7, 11) is 0. The van der Waals surface area contributed by atoms with Gasteiger partial charge in [0.15, 0.2) is 18.3 Å². The van der Waals surface area contributed by atoms with Gasteiger partial charge >= 0.3 is 0 Å². The van der Waals surface area contributed by atoms with Crippen LogP contribution in [-0.4, -0.2) is 12.5 Å². The van der Waals surface area contributed by atoms with Crippen LogP contribution >= 0.6 is 0 Å². The lowest BCUT2D eigenvalue weighted by molar-refractivity contribution is -0.678. The molecule has 1 atom stereocenters. The molecule has 0 aliphatic rings. The molecule has 1 heterocycles. The van der Waals surface area contributed by atoms with Crippen LogP contribution in [0.4, 0.5) is 5.69 Å². The fourth-order valence-electron chi connectivity index (χ4n) is 2.86. The standard InChI is InChI=1S/C21H22N2O2/c1-15-8-6-11-18(16(15)2)23-20(24)14-22-21(19-12-7-13-25-19)17-9-4-3-5-10-17/h3-13,21-22H,14H2,1-2H3,(H,23,24)/p+1/t21-/m1/s1. The average Bonchev–Trinajstić information content (AvgIpc) is 3.14. The number of amides is 1. The summed E-state index contributed by atoms with van der Waals surface area (Å²) in [4.78, 5) is 12.4. The molecule has 0 radical (unpaired) electrons. The molecule has 0 aliphatic carbocycles. The number of anilines is 1. The van der Waals surface area contributed by atoms with Gasteiger partial charge in [-0.2, -0.15) is 0 Å². The number of nitrogens with one attached hydrogen (secondary N) is 1. The third-order valence-corrected chi connectivity index (χ3v) is 4.43. The van der Waals surface area contributed by atoms with Gasteiger partial charge in [-0.05, 0) is 43.2 Å². The Bertz CT molecular complexity index is 826. The molecule has 1 aromatic heterocycles. The van der Waals surface area contributed by atoms with E-state index >= 15 is 0 Å². The minimum atomic E-state index is -0.0412. The van der Waals surface area contributed by atoms with Gasteiger partial charge in [-0.3, -0.25) is 4.79 Å². The Labute approximate surface area is 147 Å². The number of aryl methyl sites for hydroxylation is 1. The monoisotopic (exact) mass is 335 g/mol. The van der Waals surface area contributed by atoms with Crippen LogP contribution in [0.2, 0.25) is 0 Å². The maximum absolute atomic E-state index is 12.4. The van der Waals surface area contributed by atoms with E-state index in [0.717, 1.165) is 22.6 Å². The summed E-state index contributed by atoms with van der Waals surface area (Å²) in [5, 5.41) is 5.00. The fourth-order valence-corrected chi connectivity index (χ4v) is 2.86. The van der Waals surface area contributed by atoms with Crippen LogP contribution in [0.5, 0.6) is 0 Å². The van der Waals surface area contributed by atoms with Gasteiger partial charge in [-0.25, -0.2) is 0 Å². The van der Waals surface area contributed by atoms with Gasteiger partial charge in [0.1, 0.15) is 0 Å². The normalized spacial score (nSPS) is 11.9. The molecular weight excluding hydrogens is 312 g/mol. The molecule has 3 aromatic rings. The van der Waals surface area contributed by atoms with E-state index in [0.29, 0.717) is 6.54 Å². The Balaban J connectivity index is 1.69. The zero-order valence-electron chi connectivity index (χ0n) is 14.5. The smallest absolute Gasteiger partial charge is 0.279 e. The first kappa shape index (κ1) is 17.0. The van der Waals surface area contributed by atoms with E-state index < -0.39 is 0 Å². The highest BCUT2D eigenvalue weighted by atomic mass is 16.3. The highest BCUT2D eigenvalue weighted by Gasteiger charge is 2.21. The van der Waals surface area contributed by atoms with Crippen molar-refractivity contribution >= 4 is 11.6 Å². The molecule has 0 saturated carbocycles. The minimum absolute atomic E-state index is 0.0267. The van der Waals surface area contributed by atoms with Crippen molar-refractivity contribution in [2.45, 2.75) is 19.9 Å². The summed E-state index contributed by atoms with van der Waals surface area (Å²) in [6.45, 7) is 4.37. The lowest BCUT2D eigenvalue weighted by Crippen LogP contribution is -2.87. The third-order valence-electron chi connectivity index (χ3n) is 4.43. The molecule has 0 fully saturated rings. The number of hydrogen-bond acceptors (Lipinski definition) is 2. The number of carbonyl (C=O) groups excluding carboxylic acids is 1. The molecule has 0 unspecified atom stereocenters. The van der Waals surface area contributed by atoms with Crippen LogP contribution in [0.3, 0.4) is 0 Å². The van der Waals surface area contributed by atoms with Crippen molar-refractivity contribution in [3.05, 3.63) is 89.4 Å². The summed E-state index contributed by atoms with van der Waals surface area (Å²) >= 11 is 0. The van der Waals surface area contributed by atoms with Crippen LogP contribution in [-0.2, 0) is 4.79 Å². The zero-order chi connectivity index (χ0) is 17.6. The lowest BCUT2D eigenvalue weighted by Gasteiger charge is -2.14. The SMILES string of the molecule is Cc1cccc(NC(=O)C[NH2+][C@H](c2ccccc2)c2ccco2)c1C. The minimum Gasteiger partial charge on any atom is -0.463 e. The van der Waals surface area contributed by atoms with Gasteiger partial charge in [0.2, 0.25) is 0 Å². The Morgan fingerprint density at radius 3 is 2.56 bits per heavy atom. The molecule has 0 saturated heterocycles. The maximum Gasteiger partial charge on any atom is 0.279 e. The van der Waals surface area contributed by atoms with Crippen molar-refractivity contribution in [1.29, 1.82) is 0 Å². The quantitative estimate of drug-likeness (QED) is 0.727. The van der Waals surface area contributed by atoms with Crippen molar-refractivity contribution in [3.8, 4) is 0 Å². The van der Waals surface area contributed by atoms with E-state index in [4.69, 9.17) is 4.42 Å². The predicted octanol–water partition coefficient (Wildman–Crippen LogP) is 3.19. The third kappa shape index (κ3) is 4.17. The topological polar surface area (TPSA) is 58.9 Å². The van der Waals surface area contributed by atoms with Crippen LogP contribution in [0.1, 0.15) is 28.5 Å². The Morgan fingerprint density at radius 1 is 1.04 bits per heavy atom. The Hall–Kier alpha value is -2.85. The summed E-state index contributed by atoms with van der Waals surface area (Å²) in [6, 6.07) is 19.8. The van der Waals surface area contributed by atoms with E-state index in [1.165, 1.54) is 5.56 Å². The number of hydrogen-bond donors (Lipinski definition) is 2. The fraction of sp³-hybridized carbons (Fsp3) is 0.190. The molecule has 3 N–H and O–H groups in total. The Morgan fingerprint density at radius 2 is 1.84 bits per heavy atom. The summed E-state index contributed by atoms with van der Waals surface area (Å²) in [6.07, 6.45) is 1.66. The first-order valence-electron chi connectivity index (χ1n) is 8.43. The molecule has 4 nitrogen and oxygen atoms in total. The number of quaternary nitrogens is 1. The molecule has 0 spiro atoms. The van der Waals surface area contributed by atoms with E-state index in [9.17, 15) is 4.79 Å². The van der Waals surface area contributed by atoms with Crippen molar-refractivity contribution < 1.29 is 14.5 Å². The number of rotatable bonds is 6. The molecule has 4 heteroatoms. The van der Waals surface area contributed by atoms with Gasteiger partial charge in [0, 0.05) is 11.3 Å². The second kappa shape index (κ2) is 7.81. The van der Waals surface area contributed by atoms with E-state index in [2.05, 4.69) is 5.32 Å². The number of carbonyl (C=O) groups is 1. The molecule has 3 rings (SSSR count). The summed E-state index contributed by atoms with van der Waals surface area (Å²) < 4.78 is 5.57. The van der Waals surface area contributed by atoms with E-state index in [1.807, 2.05) is 79.8 Å². The molecule has 128 valence electrons. The van der Waals surface area contributed by atoms with Crippen LogP contribution in [0.25, 0.3) is 0 Å². The van der Waals surface area contributed by atoms with Gasteiger partial charge in [0.25, 0.3) is 5.91 Å². The molecule has 25 heavy (non-hydrogen) atoms. The molecule has 1 amide bonds. The van der Waals surface area contributed by atoms with E-state index in [1.54, 1.807) is 6.26 Å². The maximum atomic E-state index is 12.4.